The van der Waals surface area contributed by atoms with E-state index in [1.165, 1.54) is 0 Å². The summed E-state index contributed by atoms with van der Waals surface area (Å²) < 4.78 is 7.52. The maximum absolute atomic E-state index is 13.2. The molecule has 1 unspecified atom stereocenters. The van der Waals surface area contributed by atoms with Crippen LogP contribution < -0.4 is 5.32 Å². The van der Waals surface area contributed by atoms with Crippen LogP contribution in [0, 0.1) is 19.8 Å². The van der Waals surface area contributed by atoms with E-state index < -0.39 is 6.04 Å². The highest BCUT2D eigenvalue weighted by molar-refractivity contribution is 6.30. The summed E-state index contributed by atoms with van der Waals surface area (Å²) in [6, 6.07) is 12.6. The van der Waals surface area contributed by atoms with E-state index in [0.29, 0.717) is 22.3 Å². The number of carbonyl (C=O) groups is 1. The fourth-order valence-electron chi connectivity index (χ4n) is 3.72. The molecule has 7 nitrogen and oxygen atoms in total. The molecule has 32 heavy (non-hydrogen) atoms. The minimum absolute atomic E-state index is 0.0427. The van der Waals surface area contributed by atoms with E-state index in [2.05, 4.69) is 20.4 Å². The molecular formula is C24H24ClN5O2. The SMILES string of the molecule is Cc1cc(C(=O)NC(c2nc(-c3ccncc3)no2)C(C)C)c(C)n1-c1cccc(Cl)c1. The summed E-state index contributed by atoms with van der Waals surface area (Å²) in [5.74, 6) is 0.667. The van der Waals surface area contributed by atoms with E-state index in [4.69, 9.17) is 16.1 Å². The molecule has 0 saturated heterocycles. The van der Waals surface area contributed by atoms with Gasteiger partial charge in [-0.2, -0.15) is 4.98 Å². The molecule has 1 amide bonds. The zero-order chi connectivity index (χ0) is 22.8. The predicted octanol–water partition coefficient (Wildman–Crippen LogP) is 5.32. The van der Waals surface area contributed by atoms with Gasteiger partial charge in [-0.15, -0.1) is 0 Å². The van der Waals surface area contributed by atoms with Crippen LogP contribution in [-0.4, -0.2) is 25.6 Å². The highest BCUT2D eigenvalue weighted by Gasteiger charge is 2.27. The van der Waals surface area contributed by atoms with Crippen molar-refractivity contribution in [2.45, 2.75) is 33.7 Å². The average Bonchev–Trinajstić information content (AvgIpc) is 3.37. The van der Waals surface area contributed by atoms with Crippen LogP contribution in [0.25, 0.3) is 17.1 Å². The first kappa shape index (κ1) is 21.8. The maximum atomic E-state index is 13.2. The molecule has 0 aliphatic rings. The molecule has 0 saturated carbocycles. The van der Waals surface area contributed by atoms with Gasteiger partial charge in [-0.1, -0.05) is 36.7 Å². The van der Waals surface area contributed by atoms with Crippen molar-refractivity contribution in [2.24, 2.45) is 5.92 Å². The van der Waals surface area contributed by atoms with E-state index in [0.717, 1.165) is 22.6 Å². The number of nitrogens with one attached hydrogen (secondary N) is 1. The van der Waals surface area contributed by atoms with Crippen LogP contribution in [-0.2, 0) is 0 Å². The zero-order valence-electron chi connectivity index (χ0n) is 18.3. The van der Waals surface area contributed by atoms with Crippen LogP contribution in [0.4, 0.5) is 0 Å². The minimum Gasteiger partial charge on any atom is -0.340 e. The molecule has 0 radical (unpaired) electrons. The maximum Gasteiger partial charge on any atom is 0.253 e. The van der Waals surface area contributed by atoms with Gasteiger partial charge in [-0.3, -0.25) is 9.78 Å². The number of amides is 1. The summed E-state index contributed by atoms with van der Waals surface area (Å²) in [5.41, 5.74) is 4.06. The third-order valence-electron chi connectivity index (χ3n) is 5.34. The van der Waals surface area contributed by atoms with E-state index in [1.807, 2.05) is 74.7 Å². The Morgan fingerprint density at radius 1 is 1.12 bits per heavy atom. The Labute approximate surface area is 191 Å². The number of hydrogen-bond donors (Lipinski definition) is 1. The molecule has 0 spiro atoms. The fourth-order valence-corrected chi connectivity index (χ4v) is 3.90. The van der Waals surface area contributed by atoms with Gasteiger partial charge >= 0.3 is 0 Å². The number of hydrogen-bond acceptors (Lipinski definition) is 5. The number of pyridine rings is 1. The lowest BCUT2D eigenvalue weighted by atomic mass is 10.0. The Hall–Kier alpha value is -3.45. The summed E-state index contributed by atoms with van der Waals surface area (Å²) in [6.07, 6.45) is 3.34. The standard InChI is InChI=1S/C24H24ClN5O2/c1-14(2)21(24-28-22(29-32-24)17-8-10-26-11-9-17)27-23(31)20-12-15(3)30(16(20)4)19-7-5-6-18(25)13-19/h5-14,21H,1-4H3,(H,27,31). The second-order valence-corrected chi connectivity index (χ2v) is 8.42. The van der Waals surface area contributed by atoms with Crippen molar-refractivity contribution in [3.63, 3.8) is 0 Å². The third-order valence-corrected chi connectivity index (χ3v) is 5.58. The summed E-state index contributed by atoms with van der Waals surface area (Å²) in [5, 5.41) is 7.78. The number of aromatic nitrogens is 4. The van der Waals surface area contributed by atoms with Gasteiger partial charge in [0.25, 0.3) is 5.91 Å². The number of halogens is 1. The van der Waals surface area contributed by atoms with Crippen LogP contribution in [0.15, 0.2) is 59.4 Å². The predicted molar refractivity (Wildman–Crippen MR) is 123 cm³/mol. The molecule has 0 bridgehead atoms. The van der Waals surface area contributed by atoms with Gasteiger partial charge in [0.05, 0.1) is 5.56 Å². The molecule has 8 heteroatoms. The van der Waals surface area contributed by atoms with Crippen molar-refractivity contribution in [1.29, 1.82) is 0 Å². The molecule has 0 aliphatic heterocycles. The normalized spacial score (nSPS) is 12.2. The molecule has 1 atom stereocenters. The highest BCUT2D eigenvalue weighted by Crippen LogP contribution is 2.26. The van der Waals surface area contributed by atoms with Gasteiger partial charge in [0.15, 0.2) is 0 Å². The van der Waals surface area contributed by atoms with Crippen LogP contribution in [0.2, 0.25) is 5.02 Å². The largest absolute Gasteiger partial charge is 0.340 e. The summed E-state index contributed by atoms with van der Waals surface area (Å²) in [7, 11) is 0. The van der Waals surface area contributed by atoms with Gasteiger partial charge in [0.2, 0.25) is 11.7 Å². The molecule has 1 N–H and O–H groups in total. The lowest BCUT2D eigenvalue weighted by Gasteiger charge is -2.18. The van der Waals surface area contributed by atoms with Crippen molar-refractivity contribution in [2.75, 3.05) is 0 Å². The quantitative estimate of drug-likeness (QED) is 0.430. The number of carbonyl (C=O) groups excluding carboxylic acids is 1. The Kier molecular flexibility index (Phi) is 6.10. The lowest BCUT2D eigenvalue weighted by Crippen LogP contribution is -2.32. The van der Waals surface area contributed by atoms with Crippen molar-refractivity contribution in [1.82, 2.24) is 25.0 Å². The topological polar surface area (TPSA) is 85.8 Å². The van der Waals surface area contributed by atoms with E-state index >= 15 is 0 Å². The fraction of sp³-hybridized carbons (Fsp3) is 0.250. The first-order valence-electron chi connectivity index (χ1n) is 10.3. The number of aryl methyl sites for hydroxylation is 1. The van der Waals surface area contributed by atoms with E-state index in [1.54, 1.807) is 12.4 Å². The Morgan fingerprint density at radius 3 is 2.56 bits per heavy atom. The minimum atomic E-state index is -0.431. The summed E-state index contributed by atoms with van der Waals surface area (Å²) in [4.78, 5) is 21.8. The molecule has 1 aromatic carbocycles. The van der Waals surface area contributed by atoms with Crippen molar-refractivity contribution in [3.8, 4) is 17.1 Å². The van der Waals surface area contributed by atoms with E-state index in [9.17, 15) is 4.79 Å². The van der Waals surface area contributed by atoms with Gasteiger partial charge in [0.1, 0.15) is 6.04 Å². The lowest BCUT2D eigenvalue weighted by molar-refractivity contribution is 0.0913. The van der Waals surface area contributed by atoms with E-state index in [-0.39, 0.29) is 11.8 Å². The van der Waals surface area contributed by atoms with Gasteiger partial charge < -0.3 is 14.4 Å². The van der Waals surface area contributed by atoms with Crippen molar-refractivity contribution in [3.05, 3.63) is 82.7 Å². The van der Waals surface area contributed by atoms with Crippen LogP contribution >= 0.6 is 11.6 Å². The number of rotatable bonds is 6. The van der Waals surface area contributed by atoms with Crippen LogP contribution in [0.5, 0.6) is 0 Å². The molecule has 3 heterocycles. The molecule has 4 rings (SSSR count). The first-order valence-corrected chi connectivity index (χ1v) is 10.7. The molecule has 4 aromatic rings. The first-order chi connectivity index (χ1) is 15.3. The summed E-state index contributed by atoms with van der Waals surface area (Å²) in [6.45, 7) is 7.87. The molecule has 164 valence electrons. The van der Waals surface area contributed by atoms with Crippen LogP contribution in [0.3, 0.4) is 0 Å². The van der Waals surface area contributed by atoms with Crippen molar-refractivity contribution >= 4 is 17.5 Å². The monoisotopic (exact) mass is 449 g/mol. The number of nitrogens with zero attached hydrogens (tertiary/aromatic N) is 4. The average molecular weight is 450 g/mol. The Morgan fingerprint density at radius 2 is 1.88 bits per heavy atom. The Bertz CT molecular complexity index is 1250. The second kappa shape index (κ2) is 8.96. The third kappa shape index (κ3) is 4.29. The van der Waals surface area contributed by atoms with Crippen LogP contribution in [0.1, 0.15) is 47.5 Å². The van der Waals surface area contributed by atoms with Gasteiger partial charge in [-0.05, 0) is 56.2 Å². The smallest absolute Gasteiger partial charge is 0.253 e. The second-order valence-electron chi connectivity index (χ2n) is 7.99. The molecule has 0 fully saturated rings. The van der Waals surface area contributed by atoms with Gasteiger partial charge in [0, 0.05) is 40.1 Å². The molecular weight excluding hydrogens is 426 g/mol. The van der Waals surface area contributed by atoms with Crippen molar-refractivity contribution < 1.29 is 9.32 Å². The summed E-state index contributed by atoms with van der Waals surface area (Å²) >= 11 is 6.17. The molecule has 3 aromatic heterocycles. The molecule has 0 aliphatic carbocycles. The Balaban J connectivity index is 1.61. The zero-order valence-corrected chi connectivity index (χ0v) is 19.1. The number of benzene rings is 1. The van der Waals surface area contributed by atoms with Gasteiger partial charge in [-0.25, -0.2) is 0 Å². The highest BCUT2D eigenvalue weighted by atomic mass is 35.5.